The second-order valence-corrected chi connectivity index (χ2v) is 2.38. The molecule has 1 rings (SSSR count). The number of halogens is 2. The number of rotatable bonds is 2. The fourth-order valence-corrected chi connectivity index (χ4v) is 0.898. The molecule has 16 heavy (non-hydrogen) atoms. The van der Waals surface area contributed by atoms with E-state index in [0.29, 0.717) is 11.3 Å². The highest BCUT2D eigenvalue weighted by Crippen LogP contribution is 2.22. The molecule has 0 spiro atoms. The van der Waals surface area contributed by atoms with Crippen LogP contribution in [0.3, 0.4) is 0 Å². The van der Waals surface area contributed by atoms with Crippen molar-refractivity contribution < 1.29 is 13.5 Å². The van der Waals surface area contributed by atoms with Crippen LogP contribution >= 0.6 is 0 Å². The minimum atomic E-state index is -2.52. The Morgan fingerprint density at radius 1 is 1.19 bits per heavy atom. The summed E-state index contributed by atoms with van der Waals surface area (Å²) in [5, 5.41) is 0. The molecule has 1 aromatic heterocycles. The molecule has 0 saturated heterocycles. The fraction of sp³-hybridized carbons (Fsp3) is 0.583. The highest BCUT2D eigenvalue weighted by molar-refractivity contribution is 5.31. The van der Waals surface area contributed by atoms with Crippen LogP contribution in [-0.2, 0) is 0 Å². The third-order valence-corrected chi connectivity index (χ3v) is 1.53. The van der Waals surface area contributed by atoms with E-state index in [2.05, 4.69) is 4.98 Å². The SMILES string of the molecule is CC.CC.COc1cnc(C(F)F)cc1C. The van der Waals surface area contributed by atoms with Crippen LogP contribution in [0.4, 0.5) is 8.78 Å². The van der Waals surface area contributed by atoms with Crippen molar-refractivity contribution >= 4 is 0 Å². The van der Waals surface area contributed by atoms with Gasteiger partial charge in [0.15, 0.2) is 0 Å². The van der Waals surface area contributed by atoms with Crippen molar-refractivity contribution in [1.82, 2.24) is 4.98 Å². The molecule has 0 aliphatic carbocycles. The van der Waals surface area contributed by atoms with Gasteiger partial charge >= 0.3 is 0 Å². The average molecular weight is 233 g/mol. The van der Waals surface area contributed by atoms with E-state index in [1.54, 1.807) is 6.92 Å². The maximum absolute atomic E-state index is 12.1. The number of hydrogen-bond donors (Lipinski definition) is 0. The van der Waals surface area contributed by atoms with Gasteiger partial charge in [-0.1, -0.05) is 27.7 Å². The van der Waals surface area contributed by atoms with Gasteiger partial charge in [-0.3, -0.25) is 4.98 Å². The van der Waals surface area contributed by atoms with E-state index < -0.39 is 6.43 Å². The maximum atomic E-state index is 12.1. The van der Waals surface area contributed by atoms with Crippen LogP contribution < -0.4 is 4.74 Å². The van der Waals surface area contributed by atoms with Gasteiger partial charge in [0.2, 0.25) is 0 Å². The van der Waals surface area contributed by atoms with E-state index in [9.17, 15) is 8.78 Å². The summed E-state index contributed by atoms with van der Waals surface area (Å²) in [5.41, 5.74) is 0.455. The predicted molar refractivity (Wildman–Crippen MR) is 63.2 cm³/mol. The minimum Gasteiger partial charge on any atom is -0.495 e. The number of aryl methyl sites for hydroxylation is 1. The second-order valence-electron chi connectivity index (χ2n) is 2.38. The standard InChI is InChI=1S/C8H9F2NO.2C2H6/c1-5-3-6(8(9)10)11-4-7(5)12-2;2*1-2/h3-4,8H,1-2H3;2*1-2H3. The molecule has 0 bridgehead atoms. The molecule has 0 N–H and O–H groups in total. The van der Waals surface area contributed by atoms with Crippen LogP contribution in [0.2, 0.25) is 0 Å². The van der Waals surface area contributed by atoms with Gasteiger partial charge in [-0.15, -0.1) is 0 Å². The summed E-state index contributed by atoms with van der Waals surface area (Å²) in [6, 6.07) is 1.32. The normalized spacial score (nSPS) is 8.56. The second kappa shape index (κ2) is 10.3. The molecule has 0 atom stereocenters. The zero-order valence-corrected chi connectivity index (χ0v) is 10.8. The van der Waals surface area contributed by atoms with Gasteiger partial charge in [0.05, 0.1) is 13.3 Å². The zero-order valence-electron chi connectivity index (χ0n) is 10.8. The first-order chi connectivity index (χ1) is 7.65. The molecule has 94 valence electrons. The summed E-state index contributed by atoms with van der Waals surface area (Å²) in [5.74, 6) is 0.527. The summed E-state index contributed by atoms with van der Waals surface area (Å²) < 4.78 is 29.0. The van der Waals surface area contributed by atoms with E-state index in [0.717, 1.165) is 0 Å². The summed E-state index contributed by atoms with van der Waals surface area (Å²) >= 11 is 0. The molecular formula is C12H21F2NO. The molecule has 4 heteroatoms. The van der Waals surface area contributed by atoms with Crippen molar-refractivity contribution in [2.45, 2.75) is 41.0 Å². The van der Waals surface area contributed by atoms with Crippen LogP contribution in [-0.4, -0.2) is 12.1 Å². The molecule has 0 radical (unpaired) electrons. The summed E-state index contributed by atoms with van der Waals surface area (Å²) in [6.45, 7) is 9.70. The van der Waals surface area contributed by atoms with Crippen LogP contribution in [0.15, 0.2) is 12.3 Å². The van der Waals surface area contributed by atoms with Gasteiger partial charge in [-0.2, -0.15) is 0 Å². The number of alkyl halides is 2. The van der Waals surface area contributed by atoms with Crippen LogP contribution in [0.5, 0.6) is 5.75 Å². The summed E-state index contributed by atoms with van der Waals surface area (Å²) in [4.78, 5) is 3.53. The number of nitrogens with zero attached hydrogens (tertiary/aromatic N) is 1. The van der Waals surface area contributed by atoms with E-state index >= 15 is 0 Å². The van der Waals surface area contributed by atoms with Crippen molar-refractivity contribution in [3.05, 3.63) is 23.5 Å². The predicted octanol–water partition coefficient (Wildman–Crippen LogP) is 4.39. The van der Waals surface area contributed by atoms with Gasteiger partial charge in [-0.05, 0) is 18.6 Å². The first-order valence-electron chi connectivity index (χ1n) is 5.44. The molecule has 0 aliphatic rings. The van der Waals surface area contributed by atoms with Crippen LogP contribution in [0.1, 0.15) is 45.4 Å². The Balaban J connectivity index is 0. The third kappa shape index (κ3) is 5.63. The lowest BCUT2D eigenvalue weighted by atomic mass is 10.2. The van der Waals surface area contributed by atoms with Gasteiger partial charge in [0.1, 0.15) is 11.4 Å². The molecule has 1 aromatic rings. The van der Waals surface area contributed by atoms with E-state index in [1.807, 2.05) is 27.7 Å². The molecule has 0 fully saturated rings. The van der Waals surface area contributed by atoms with Crippen molar-refractivity contribution in [3.8, 4) is 5.75 Å². The Bertz CT molecular complexity index is 278. The first-order valence-corrected chi connectivity index (χ1v) is 5.44. The molecule has 0 aliphatic heterocycles. The topological polar surface area (TPSA) is 22.1 Å². The quantitative estimate of drug-likeness (QED) is 0.755. The van der Waals surface area contributed by atoms with Gasteiger partial charge in [0, 0.05) is 0 Å². The number of aromatic nitrogens is 1. The monoisotopic (exact) mass is 233 g/mol. The molecule has 0 amide bonds. The van der Waals surface area contributed by atoms with Gasteiger partial charge in [-0.25, -0.2) is 8.78 Å². The average Bonchev–Trinajstić information content (AvgIpc) is 2.34. The first kappa shape index (κ1) is 17.2. The van der Waals surface area contributed by atoms with E-state index in [-0.39, 0.29) is 5.69 Å². The van der Waals surface area contributed by atoms with Crippen LogP contribution in [0, 0.1) is 6.92 Å². The maximum Gasteiger partial charge on any atom is 0.280 e. The third-order valence-electron chi connectivity index (χ3n) is 1.53. The molecule has 0 aromatic carbocycles. The van der Waals surface area contributed by atoms with Crippen molar-refractivity contribution in [2.75, 3.05) is 7.11 Å². The largest absolute Gasteiger partial charge is 0.495 e. The van der Waals surface area contributed by atoms with Crippen molar-refractivity contribution in [1.29, 1.82) is 0 Å². The molecule has 0 saturated carbocycles. The lowest BCUT2D eigenvalue weighted by molar-refractivity contribution is 0.146. The Labute approximate surface area is 96.7 Å². The fourth-order valence-electron chi connectivity index (χ4n) is 0.898. The highest BCUT2D eigenvalue weighted by Gasteiger charge is 2.09. The van der Waals surface area contributed by atoms with Gasteiger partial charge < -0.3 is 4.74 Å². The van der Waals surface area contributed by atoms with Crippen molar-refractivity contribution in [2.24, 2.45) is 0 Å². The molecule has 0 unspecified atom stereocenters. The minimum absolute atomic E-state index is 0.215. The number of methoxy groups -OCH3 is 1. The lowest BCUT2D eigenvalue weighted by Gasteiger charge is -2.05. The molecule has 2 nitrogen and oxygen atoms in total. The van der Waals surface area contributed by atoms with Crippen molar-refractivity contribution in [3.63, 3.8) is 0 Å². The Kier molecular flexibility index (Phi) is 11.1. The number of hydrogen-bond acceptors (Lipinski definition) is 2. The lowest BCUT2D eigenvalue weighted by Crippen LogP contribution is -1.94. The Hall–Kier alpha value is -1.19. The van der Waals surface area contributed by atoms with E-state index in [1.165, 1.54) is 19.4 Å². The summed E-state index contributed by atoms with van der Waals surface area (Å²) in [7, 11) is 1.48. The Morgan fingerprint density at radius 3 is 2.00 bits per heavy atom. The molecule has 1 heterocycles. The highest BCUT2D eigenvalue weighted by atomic mass is 19.3. The zero-order chi connectivity index (χ0) is 13.1. The molecular weight excluding hydrogens is 212 g/mol. The Morgan fingerprint density at radius 2 is 1.69 bits per heavy atom. The smallest absolute Gasteiger partial charge is 0.280 e. The van der Waals surface area contributed by atoms with Gasteiger partial charge in [0.25, 0.3) is 6.43 Å². The summed E-state index contributed by atoms with van der Waals surface area (Å²) in [6.07, 6.45) is -1.22. The van der Waals surface area contributed by atoms with Crippen LogP contribution in [0.25, 0.3) is 0 Å². The number of pyridine rings is 1. The van der Waals surface area contributed by atoms with E-state index in [4.69, 9.17) is 4.74 Å². The number of ether oxygens (including phenoxy) is 1.